The molecule has 1 atom stereocenters. The number of halogens is 1. The predicted octanol–water partition coefficient (Wildman–Crippen LogP) is 1.42. The van der Waals surface area contributed by atoms with E-state index in [9.17, 15) is 0 Å². The molecule has 0 unspecified atom stereocenters. The molecule has 0 radical (unpaired) electrons. The largest absolute Gasteiger partial charge is 0.375 e. The van der Waals surface area contributed by atoms with Gasteiger partial charge in [-0.25, -0.2) is 0 Å². The number of hydrogen-bond acceptors (Lipinski definition) is 1. The van der Waals surface area contributed by atoms with Crippen molar-refractivity contribution in [1.29, 1.82) is 0 Å². The quantitative estimate of drug-likeness (QED) is 0.423. The summed E-state index contributed by atoms with van der Waals surface area (Å²) in [7, 11) is 0. The summed E-state index contributed by atoms with van der Waals surface area (Å²) in [5.41, 5.74) is 0. The first-order valence-electron chi connectivity index (χ1n) is 2.30. The highest BCUT2D eigenvalue weighted by Crippen LogP contribution is 2.27. The van der Waals surface area contributed by atoms with Gasteiger partial charge in [0.05, 0.1) is 0 Å². The van der Waals surface area contributed by atoms with Crippen molar-refractivity contribution < 1.29 is 5.11 Å². The van der Waals surface area contributed by atoms with Gasteiger partial charge in [0.25, 0.3) is 0 Å². The molecule has 1 nitrogen and oxygen atoms in total. The van der Waals surface area contributed by atoms with Gasteiger partial charge in [0.15, 0.2) is 0 Å². The molecule has 0 aromatic carbocycles. The average molecular weight is 163 g/mol. The van der Waals surface area contributed by atoms with E-state index in [1.54, 1.807) is 6.08 Å². The lowest BCUT2D eigenvalue weighted by Gasteiger charge is -2.07. The number of alkyl halides is 1. The predicted molar refractivity (Wildman–Crippen MR) is 32.3 cm³/mol. The van der Waals surface area contributed by atoms with E-state index in [0.717, 1.165) is 12.8 Å². The van der Waals surface area contributed by atoms with Crippen LogP contribution in [0.1, 0.15) is 12.8 Å². The van der Waals surface area contributed by atoms with Crippen LogP contribution in [0.5, 0.6) is 0 Å². The van der Waals surface area contributed by atoms with Gasteiger partial charge in [0.1, 0.15) is 4.51 Å². The molecule has 2 heteroatoms. The minimum atomic E-state index is -0.674. The first kappa shape index (κ1) is 5.32. The summed E-state index contributed by atoms with van der Waals surface area (Å²) in [6, 6.07) is 0. The van der Waals surface area contributed by atoms with E-state index in [-0.39, 0.29) is 0 Å². The van der Waals surface area contributed by atoms with E-state index < -0.39 is 4.51 Å². The van der Waals surface area contributed by atoms with E-state index >= 15 is 0 Å². The molecule has 1 aliphatic carbocycles. The number of rotatable bonds is 0. The highest BCUT2D eigenvalue weighted by Gasteiger charge is 2.20. The van der Waals surface area contributed by atoms with Crippen molar-refractivity contribution >= 4 is 15.9 Å². The molecule has 0 aromatic rings. The standard InChI is InChI=1S/C5H7BrO/c6-5(7)3-1-2-4-5/h1,3,7H,2,4H2/t5-/m0/s1. The van der Waals surface area contributed by atoms with Gasteiger partial charge < -0.3 is 5.11 Å². The molecule has 0 spiro atoms. The Kier molecular flexibility index (Phi) is 1.22. The van der Waals surface area contributed by atoms with Crippen LogP contribution in [0.2, 0.25) is 0 Å². The van der Waals surface area contributed by atoms with Crippen LogP contribution < -0.4 is 0 Å². The summed E-state index contributed by atoms with van der Waals surface area (Å²) in [5, 5.41) is 9.02. The Balaban J connectivity index is 2.57. The highest BCUT2D eigenvalue weighted by atomic mass is 79.9. The Morgan fingerprint density at radius 3 is 2.57 bits per heavy atom. The van der Waals surface area contributed by atoms with E-state index in [2.05, 4.69) is 15.9 Å². The second-order valence-electron chi connectivity index (χ2n) is 1.76. The van der Waals surface area contributed by atoms with Gasteiger partial charge in [0, 0.05) is 0 Å². The second kappa shape index (κ2) is 1.60. The molecule has 1 N–H and O–H groups in total. The average Bonchev–Trinajstić information content (AvgIpc) is 1.84. The number of aliphatic hydroxyl groups is 1. The van der Waals surface area contributed by atoms with Gasteiger partial charge in [0.2, 0.25) is 0 Å². The maximum Gasteiger partial charge on any atom is 0.138 e. The van der Waals surface area contributed by atoms with Gasteiger partial charge >= 0.3 is 0 Å². The van der Waals surface area contributed by atoms with Crippen LogP contribution in [0, 0.1) is 0 Å². The summed E-state index contributed by atoms with van der Waals surface area (Å²) in [5.74, 6) is 0. The third-order valence-electron chi connectivity index (χ3n) is 1.03. The molecule has 0 saturated carbocycles. The molecule has 0 aromatic heterocycles. The van der Waals surface area contributed by atoms with Crippen molar-refractivity contribution in [3.8, 4) is 0 Å². The Hall–Kier alpha value is 0.180. The van der Waals surface area contributed by atoms with Gasteiger partial charge in [-0.1, -0.05) is 6.08 Å². The second-order valence-corrected chi connectivity index (χ2v) is 3.13. The van der Waals surface area contributed by atoms with Crippen LogP contribution in [0.3, 0.4) is 0 Å². The van der Waals surface area contributed by atoms with Gasteiger partial charge in [-0.2, -0.15) is 0 Å². The zero-order valence-electron chi connectivity index (χ0n) is 3.89. The zero-order chi connectivity index (χ0) is 5.33. The summed E-state index contributed by atoms with van der Waals surface area (Å²) in [6.07, 6.45) is 5.54. The normalized spacial score (nSPS) is 39.7. The summed E-state index contributed by atoms with van der Waals surface area (Å²) in [6.45, 7) is 0. The lowest BCUT2D eigenvalue weighted by Crippen LogP contribution is -2.10. The van der Waals surface area contributed by atoms with Gasteiger partial charge in [-0.05, 0) is 34.8 Å². The Labute approximate surface area is 51.2 Å². The van der Waals surface area contributed by atoms with Crippen molar-refractivity contribution in [3.05, 3.63) is 12.2 Å². The fraction of sp³-hybridized carbons (Fsp3) is 0.600. The van der Waals surface area contributed by atoms with Crippen molar-refractivity contribution in [2.75, 3.05) is 0 Å². The van der Waals surface area contributed by atoms with Crippen molar-refractivity contribution in [1.82, 2.24) is 0 Å². The van der Waals surface area contributed by atoms with Crippen molar-refractivity contribution in [3.63, 3.8) is 0 Å². The molecule has 7 heavy (non-hydrogen) atoms. The zero-order valence-corrected chi connectivity index (χ0v) is 5.48. The van der Waals surface area contributed by atoms with E-state index in [4.69, 9.17) is 5.11 Å². The highest BCUT2D eigenvalue weighted by molar-refractivity contribution is 9.10. The molecule has 0 bridgehead atoms. The fourth-order valence-corrected chi connectivity index (χ4v) is 1.05. The molecule has 0 saturated heterocycles. The van der Waals surface area contributed by atoms with Crippen molar-refractivity contribution in [2.45, 2.75) is 17.4 Å². The van der Waals surface area contributed by atoms with Crippen LogP contribution in [0.15, 0.2) is 12.2 Å². The topological polar surface area (TPSA) is 20.2 Å². The molecule has 0 fully saturated rings. The smallest absolute Gasteiger partial charge is 0.138 e. The van der Waals surface area contributed by atoms with Gasteiger partial charge in [-0.15, -0.1) is 0 Å². The molecule has 0 aliphatic heterocycles. The Morgan fingerprint density at radius 1 is 1.71 bits per heavy atom. The lowest BCUT2D eigenvalue weighted by molar-refractivity contribution is 0.195. The summed E-state index contributed by atoms with van der Waals surface area (Å²) >= 11 is 3.11. The third-order valence-corrected chi connectivity index (χ3v) is 1.70. The Bertz CT molecular complexity index is 96.3. The molecule has 0 amide bonds. The summed E-state index contributed by atoms with van der Waals surface area (Å²) < 4.78 is -0.674. The number of hydrogen-bond donors (Lipinski definition) is 1. The van der Waals surface area contributed by atoms with Crippen LogP contribution >= 0.6 is 15.9 Å². The summed E-state index contributed by atoms with van der Waals surface area (Å²) in [4.78, 5) is 0. The first-order chi connectivity index (χ1) is 3.21. The third kappa shape index (κ3) is 1.28. The molecule has 40 valence electrons. The van der Waals surface area contributed by atoms with Crippen LogP contribution in [0.25, 0.3) is 0 Å². The van der Waals surface area contributed by atoms with Crippen LogP contribution in [0.4, 0.5) is 0 Å². The van der Waals surface area contributed by atoms with E-state index in [0.29, 0.717) is 0 Å². The molecular weight excluding hydrogens is 156 g/mol. The maximum atomic E-state index is 9.02. The minimum Gasteiger partial charge on any atom is -0.375 e. The van der Waals surface area contributed by atoms with E-state index in [1.807, 2.05) is 6.08 Å². The van der Waals surface area contributed by atoms with Crippen LogP contribution in [-0.4, -0.2) is 9.62 Å². The monoisotopic (exact) mass is 162 g/mol. The fourth-order valence-electron chi connectivity index (χ4n) is 0.633. The first-order valence-corrected chi connectivity index (χ1v) is 3.09. The van der Waals surface area contributed by atoms with Crippen LogP contribution in [-0.2, 0) is 0 Å². The van der Waals surface area contributed by atoms with E-state index in [1.165, 1.54) is 0 Å². The molecule has 0 heterocycles. The SMILES string of the molecule is O[C@@]1(Br)C=CCC1. The maximum absolute atomic E-state index is 9.02. The Morgan fingerprint density at radius 2 is 2.43 bits per heavy atom. The number of allylic oxidation sites excluding steroid dienone is 1. The molecule has 1 aliphatic rings. The van der Waals surface area contributed by atoms with Crippen molar-refractivity contribution in [2.24, 2.45) is 0 Å². The molecular formula is C5H7BrO. The van der Waals surface area contributed by atoms with Gasteiger partial charge in [-0.3, -0.25) is 0 Å². The lowest BCUT2D eigenvalue weighted by atomic mass is 10.3. The molecule has 1 rings (SSSR count). The minimum absolute atomic E-state index is 0.674.